The van der Waals surface area contributed by atoms with Crippen LogP contribution in [0, 0.1) is 5.82 Å². The molecule has 1 fully saturated rings. The zero-order chi connectivity index (χ0) is 20.8. The minimum Gasteiger partial charge on any atom is -0.340 e. The molecular formula is C21H22FN7O. The van der Waals surface area contributed by atoms with Crippen LogP contribution in [-0.2, 0) is 4.79 Å². The van der Waals surface area contributed by atoms with Gasteiger partial charge in [-0.15, -0.1) is 0 Å². The Morgan fingerprint density at radius 1 is 1.17 bits per heavy atom. The van der Waals surface area contributed by atoms with Gasteiger partial charge in [0.15, 0.2) is 11.6 Å². The van der Waals surface area contributed by atoms with E-state index in [9.17, 15) is 9.18 Å². The van der Waals surface area contributed by atoms with Gasteiger partial charge >= 0.3 is 0 Å². The summed E-state index contributed by atoms with van der Waals surface area (Å²) >= 11 is 0. The lowest BCUT2D eigenvalue weighted by molar-refractivity contribution is -0.120. The maximum absolute atomic E-state index is 13.3. The van der Waals surface area contributed by atoms with Gasteiger partial charge in [0.1, 0.15) is 23.2 Å². The van der Waals surface area contributed by atoms with E-state index in [-0.39, 0.29) is 11.9 Å². The second-order valence-corrected chi connectivity index (χ2v) is 7.67. The highest BCUT2D eigenvalue weighted by atomic mass is 19.1. The molecule has 0 aromatic carbocycles. The molecule has 0 bridgehead atoms. The lowest BCUT2D eigenvalue weighted by Crippen LogP contribution is -2.57. The van der Waals surface area contributed by atoms with E-state index in [1.807, 2.05) is 6.92 Å². The molecule has 0 N–H and O–H groups in total. The molecule has 0 radical (unpaired) electrons. The second kappa shape index (κ2) is 7.16. The first kappa shape index (κ1) is 18.7. The first-order chi connectivity index (χ1) is 14.6. The van der Waals surface area contributed by atoms with Crippen LogP contribution in [0.2, 0.25) is 0 Å². The summed E-state index contributed by atoms with van der Waals surface area (Å²) in [5.74, 6) is 1.40. The van der Waals surface area contributed by atoms with Crippen LogP contribution in [0.25, 0.3) is 17.5 Å². The maximum Gasteiger partial charge on any atom is 0.249 e. The van der Waals surface area contributed by atoms with E-state index < -0.39 is 5.82 Å². The topological polar surface area (TPSA) is 80.0 Å². The quantitative estimate of drug-likeness (QED) is 0.662. The van der Waals surface area contributed by atoms with Crippen molar-refractivity contribution >= 4 is 17.4 Å². The van der Waals surface area contributed by atoms with Crippen LogP contribution in [0.5, 0.6) is 0 Å². The van der Waals surface area contributed by atoms with E-state index in [1.54, 1.807) is 41.2 Å². The highest BCUT2D eigenvalue weighted by Crippen LogP contribution is 2.40. The zero-order valence-electron chi connectivity index (χ0n) is 16.9. The number of carbonyl (C=O) groups is 1. The van der Waals surface area contributed by atoms with Crippen molar-refractivity contribution in [3.05, 3.63) is 42.7 Å². The number of anilines is 2. The molecule has 1 aliphatic carbocycles. The monoisotopic (exact) mass is 407 g/mol. The summed E-state index contributed by atoms with van der Waals surface area (Å²) in [5, 5.41) is 0. The van der Waals surface area contributed by atoms with E-state index in [0.717, 1.165) is 31.3 Å². The van der Waals surface area contributed by atoms with Crippen LogP contribution in [0.15, 0.2) is 36.9 Å². The number of carbonyl (C=O) groups excluding carboxylic acids is 1. The molecule has 0 saturated heterocycles. The molecule has 2 aliphatic rings. The third-order valence-corrected chi connectivity index (χ3v) is 5.96. The van der Waals surface area contributed by atoms with Crippen molar-refractivity contribution in [2.45, 2.75) is 44.7 Å². The Kier molecular flexibility index (Phi) is 4.45. The van der Waals surface area contributed by atoms with Gasteiger partial charge in [-0.05, 0) is 37.8 Å². The van der Waals surface area contributed by atoms with Crippen molar-refractivity contribution in [2.24, 2.45) is 0 Å². The fourth-order valence-corrected chi connectivity index (χ4v) is 4.14. The Hall–Kier alpha value is -3.36. The number of fused-ring (bicyclic) bond motifs is 1. The van der Waals surface area contributed by atoms with Gasteiger partial charge in [-0.1, -0.05) is 6.92 Å². The van der Waals surface area contributed by atoms with Crippen LogP contribution in [-0.4, -0.2) is 49.5 Å². The molecule has 0 spiro atoms. The first-order valence-corrected chi connectivity index (χ1v) is 10.2. The summed E-state index contributed by atoms with van der Waals surface area (Å²) in [7, 11) is 1.77. The van der Waals surface area contributed by atoms with Crippen LogP contribution < -0.4 is 9.80 Å². The van der Waals surface area contributed by atoms with Crippen LogP contribution in [0.4, 0.5) is 15.9 Å². The van der Waals surface area contributed by atoms with Gasteiger partial charge in [-0.3, -0.25) is 9.36 Å². The van der Waals surface area contributed by atoms with Gasteiger partial charge in [0.25, 0.3) is 0 Å². The summed E-state index contributed by atoms with van der Waals surface area (Å²) in [6.07, 6.45) is 10.2. The SMILES string of the molecule is CC[C@@H]1C(=O)N(C)c2cnc(-n3ccnc3-c3ccc(F)cn3)nc2N1C1CCC1. The molecule has 3 aromatic rings. The molecule has 1 amide bonds. The van der Waals surface area contributed by atoms with E-state index in [1.165, 1.54) is 6.07 Å². The van der Waals surface area contributed by atoms with Gasteiger partial charge in [0, 0.05) is 25.5 Å². The minimum atomic E-state index is -0.406. The average molecular weight is 407 g/mol. The Balaban J connectivity index is 1.61. The summed E-state index contributed by atoms with van der Waals surface area (Å²) < 4.78 is 15.0. The Labute approximate surface area is 173 Å². The normalized spacial score (nSPS) is 19.0. The highest BCUT2D eigenvalue weighted by molar-refractivity contribution is 6.04. The van der Waals surface area contributed by atoms with Crippen molar-refractivity contribution in [3.8, 4) is 17.5 Å². The fourth-order valence-electron chi connectivity index (χ4n) is 4.14. The standard InChI is InChI=1S/C21H22FN7O/c1-3-16-20(30)27(2)17-12-25-21(26-19(17)29(16)14-5-4-6-14)28-10-9-23-18(28)15-8-7-13(22)11-24-15/h7-12,14,16H,3-6H2,1-2H3/t16-/m1/s1. The van der Waals surface area contributed by atoms with Crippen molar-refractivity contribution in [2.75, 3.05) is 16.8 Å². The molecule has 4 heterocycles. The summed E-state index contributed by atoms with van der Waals surface area (Å²) in [6.45, 7) is 2.03. The van der Waals surface area contributed by atoms with E-state index in [2.05, 4.69) is 19.9 Å². The lowest BCUT2D eigenvalue weighted by atomic mass is 9.88. The number of hydrogen-bond donors (Lipinski definition) is 0. The number of pyridine rings is 1. The number of rotatable bonds is 4. The Morgan fingerprint density at radius 3 is 2.67 bits per heavy atom. The number of likely N-dealkylation sites (N-methyl/N-ethyl adjacent to an activating group) is 1. The van der Waals surface area contributed by atoms with Gasteiger partial charge in [0.05, 0.1) is 12.4 Å². The van der Waals surface area contributed by atoms with Gasteiger partial charge in [-0.25, -0.2) is 19.3 Å². The molecular weight excluding hydrogens is 385 g/mol. The number of aromatic nitrogens is 5. The molecule has 1 saturated carbocycles. The van der Waals surface area contributed by atoms with E-state index in [4.69, 9.17) is 4.98 Å². The molecule has 154 valence electrons. The smallest absolute Gasteiger partial charge is 0.249 e. The van der Waals surface area contributed by atoms with Gasteiger partial charge < -0.3 is 9.80 Å². The van der Waals surface area contributed by atoms with Gasteiger partial charge in [-0.2, -0.15) is 4.98 Å². The maximum atomic E-state index is 13.3. The number of halogens is 1. The largest absolute Gasteiger partial charge is 0.340 e. The molecule has 3 aromatic heterocycles. The van der Waals surface area contributed by atoms with Crippen molar-refractivity contribution in [1.29, 1.82) is 0 Å². The second-order valence-electron chi connectivity index (χ2n) is 7.67. The molecule has 30 heavy (non-hydrogen) atoms. The number of amides is 1. The minimum absolute atomic E-state index is 0.0760. The molecule has 9 heteroatoms. The molecule has 0 unspecified atom stereocenters. The summed E-state index contributed by atoms with van der Waals surface area (Å²) in [4.78, 5) is 34.6. The summed E-state index contributed by atoms with van der Waals surface area (Å²) in [5.41, 5.74) is 1.24. The number of hydrogen-bond acceptors (Lipinski definition) is 6. The number of imidazole rings is 1. The van der Waals surface area contributed by atoms with Crippen LogP contribution in [0.1, 0.15) is 32.6 Å². The average Bonchev–Trinajstić information content (AvgIpc) is 3.21. The third kappa shape index (κ3) is 2.84. The predicted molar refractivity (Wildman–Crippen MR) is 110 cm³/mol. The highest BCUT2D eigenvalue weighted by Gasteiger charge is 2.42. The third-order valence-electron chi connectivity index (χ3n) is 5.96. The number of nitrogens with zero attached hydrogens (tertiary/aromatic N) is 7. The lowest BCUT2D eigenvalue weighted by Gasteiger charge is -2.47. The zero-order valence-corrected chi connectivity index (χ0v) is 16.9. The molecule has 1 aliphatic heterocycles. The molecule has 5 rings (SSSR count). The molecule has 8 nitrogen and oxygen atoms in total. The Bertz CT molecular complexity index is 1090. The van der Waals surface area contributed by atoms with Crippen LogP contribution in [0.3, 0.4) is 0 Å². The van der Waals surface area contributed by atoms with E-state index in [0.29, 0.717) is 35.6 Å². The van der Waals surface area contributed by atoms with Crippen molar-refractivity contribution < 1.29 is 9.18 Å². The predicted octanol–water partition coefficient (Wildman–Crippen LogP) is 2.98. The van der Waals surface area contributed by atoms with Gasteiger partial charge in [0.2, 0.25) is 11.9 Å². The first-order valence-electron chi connectivity index (χ1n) is 10.2. The van der Waals surface area contributed by atoms with Crippen molar-refractivity contribution in [3.63, 3.8) is 0 Å². The fraction of sp³-hybridized carbons (Fsp3) is 0.381. The summed E-state index contributed by atoms with van der Waals surface area (Å²) in [6, 6.07) is 3.01. The van der Waals surface area contributed by atoms with Crippen molar-refractivity contribution in [1.82, 2.24) is 24.5 Å². The molecule has 1 atom stereocenters. The van der Waals surface area contributed by atoms with E-state index >= 15 is 0 Å². The van der Waals surface area contributed by atoms with Crippen LogP contribution >= 0.6 is 0 Å². The Morgan fingerprint density at radius 2 is 2.00 bits per heavy atom.